The van der Waals surface area contributed by atoms with Crippen molar-refractivity contribution in [2.45, 2.75) is 20.8 Å². The third kappa shape index (κ3) is 3.07. The zero-order valence-corrected chi connectivity index (χ0v) is 14.9. The van der Waals surface area contributed by atoms with Crippen LogP contribution in [0.15, 0.2) is 36.8 Å². The van der Waals surface area contributed by atoms with Gasteiger partial charge in [0.05, 0.1) is 24.6 Å². The van der Waals surface area contributed by atoms with Crippen molar-refractivity contribution in [2.24, 2.45) is 13.0 Å². The molecule has 0 atom stereocenters. The number of rotatable bonds is 5. The Morgan fingerprint density at radius 2 is 2.04 bits per heavy atom. The first-order chi connectivity index (χ1) is 11.5. The van der Waals surface area contributed by atoms with Crippen LogP contribution in [0.1, 0.15) is 19.4 Å². The number of pyridine rings is 1. The van der Waals surface area contributed by atoms with E-state index in [4.69, 9.17) is 4.74 Å². The molecule has 0 N–H and O–H groups in total. The van der Waals surface area contributed by atoms with E-state index in [1.54, 1.807) is 0 Å². The van der Waals surface area contributed by atoms with E-state index in [2.05, 4.69) is 47.8 Å². The molecule has 0 saturated carbocycles. The van der Waals surface area contributed by atoms with Crippen molar-refractivity contribution >= 4 is 22.5 Å². The van der Waals surface area contributed by atoms with E-state index in [1.165, 1.54) is 0 Å². The van der Waals surface area contributed by atoms with Gasteiger partial charge >= 0.3 is 0 Å². The number of aromatic nitrogens is 3. The van der Waals surface area contributed by atoms with E-state index in [9.17, 15) is 0 Å². The second-order valence-corrected chi connectivity index (χ2v) is 6.55. The van der Waals surface area contributed by atoms with Crippen molar-refractivity contribution < 1.29 is 4.74 Å². The van der Waals surface area contributed by atoms with Crippen LogP contribution in [-0.2, 0) is 7.05 Å². The Bertz CT molecular complexity index is 854. The summed E-state index contributed by atoms with van der Waals surface area (Å²) in [4.78, 5) is 11.0. The Labute approximate surface area is 142 Å². The number of ether oxygens (including phenoxy) is 1. The number of hydrogen-bond donors (Lipinski definition) is 0. The van der Waals surface area contributed by atoms with Gasteiger partial charge in [-0.25, -0.2) is 9.97 Å². The van der Waals surface area contributed by atoms with Crippen molar-refractivity contribution in [3.8, 4) is 5.75 Å². The maximum absolute atomic E-state index is 5.94. The fraction of sp³-hybridized carbons (Fsp3) is 0.368. The highest BCUT2D eigenvalue weighted by atomic mass is 16.5. The highest BCUT2D eigenvalue weighted by Gasteiger charge is 2.13. The summed E-state index contributed by atoms with van der Waals surface area (Å²) in [5.41, 5.74) is 4.18. The summed E-state index contributed by atoms with van der Waals surface area (Å²) in [6, 6.07) is 8.19. The fourth-order valence-electron chi connectivity index (χ4n) is 2.71. The van der Waals surface area contributed by atoms with Crippen molar-refractivity contribution in [1.29, 1.82) is 0 Å². The van der Waals surface area contributed by atoms with Crippen LogP contribution < -0.4 is 9.64 Å². The molecule has 0 saturated heterocycles. The van der Waals surface area contributed by atoms with Crippen LogP contribution in [0.5, 0.6) is 5.75 Å². The topological polar surface area (TPSA) is 43.2 Å². The Balaban J connectivity index is 1.94. The summed E-state index contributed by atoms with van der Waals surface area (Å²) in [6.07, 6.45) is 3.62. The molecule has 0 aliphatic rings. The van der Waals surface area contributed by atoms with Crippen molar-refractivity contribution in [3.63, 3.8) is 0 Å². The van der Waals surface area contributed by atoms with Gasteiger partial charge in [-0.05, 0) is 25.0 Å². The lowest BCUT2D eigenvalue weighted by atomic mass is 10.1. The number of aryl methyl sites for hydroxylation is 1. The maximum atomic E-state index is 5.94. The zero-order valence-electron chi connectivity index (χ0n) is 14.9. The lowest BCUT2D eigenvalue weighted by Gasteiger charge is -2.22. The van der Waals surface area contributed by atoms with E-state index < -0.39 is 0 Å². The van der Waals surface area contributed by atoms with E-state index in [0.29, 0.717) is 12.5 Å². The van der Waals surface area contributed by atoms with Gasteiger partial charge in [-0.1, -0.05) is 19.9 Å². The summed E-state index contributed by atoms with van der Waals surface area (Å²) < 4.78 is 7.94. The van der Waals surface area contributed by atoms with Crippen LogP contribution in [-0.4, -0.2) is 28.2 Å². The summed E-state index contributed by atoms with van der Waals surface area (Å²) in [7, 11) is 4.02. The molecule has 0 bridgehead atoms. The minimum Gasteiger partial charge on any atom is -0.493 e. The third-order valence-electron chi connectivity index (χ3n) is 4.13. The Hall–Kier alpha value is -2.56. The first kappa shape index (κ1) is 16.3. The Morgan fingerprint density at radius 3 is 2.79 bits per heavy atom. The minimum atomic E-state index is 0.500. The molecule has 3 rings (SSSR count). The van der Waals surface area contributed by atoms with Gasteiger partial charge in [-0.15, -0.1) is 0 Å². The normalized spacial score (nSPS) is 11.2. The van der Waals surface area contributed by atoms with Gasteiger partial charge in [-0.2, -0.15) is 0 Å². The molecular weight excluding hydrogens is 300 g/mol. The Kier molecular flexibility index (Phi) is 4.42. The first-order valence-corrected chi connectivity index (χ1v) is 8.20. The second kappa shape index (κ2) is 6.51. The van der Waals surface area contributed by atoms with Crippen molar-refractivity contribution in [2.75, 3.05) is 18.6 Å². The maximum Gasteiger partial charge on any atom is 0.134 e. The van der Waals surface area contributed by atoms with E-state index in [1.807, 2.05) is 43.3 Å². The summed E-state index contributed by atoms with van der Waals surface area (Å²) >= 11 is 0. The molecule has 126 valence electrons. The third-order valence-corrected chi connectivity index (χ3v) is 4.13. The quantitative estimate of drug-likeness (QED) is 0.709. The predicted molar refractivity (Wildman–Crippen MR) is 98.1 cm³/mol. The second-order valence-electron chi connectivity index (χ2n) is 6.55. The molecule has 0 radical (unpaired) electrons. The first-order valence-electron chi connectivity index (χ1n) is 8.20. The summed E-state index contributed by atoms with van der Waals surface area (Å²) in [6.45, 7) is 7.11. The molecule has 0 spiro atoms. The number of anilines is 2. The fourth-order valence-corrected chi connectivity index (χ4v) is 2.71. The van der Waals surface area contributed by atoms with Gasteiger partial charge in [0.1, 0.15) is 17.1 Å². The standard InChI is InChI=1S/C19H24N4O/c1-13(2)11-24-18-8-6-7-16(14(18)3)23(5)19-9-17-15(10-20-19)21-12-22(17)4/h6-10,12-13H,11H2,1-5H3. The molecule has 5 nitrogen and oxygen atoms in total. The van der Waals surface area contributed by atoms with Crippen LogP contribution in [0.3, 0.4) is 0 Å². The van der Waals surface area contributed by atoms with E-state index >= 15 is 0 Å². The van der Waals surface area contributed by atoms with E-state index in [0.717, 1.165) is 33.9 Å². The molecule has 24 heavy (non-hydrogen) atoms. The molecule has 1 aromatic carbocycles. The molecule has 0 unspecified atom stereocenters. The largest absolute Gasteiger partial charge is 0.493 e. The Morgan fingerprint density at radius 1 is 1.25 bits per heavy atom. The molecule has 3 aromatic rings. The van der Waals surface area contributed by atoms with Gasteiger partial charge < -0.3 is 14.2 Å². The number of benzene rings is 1. The number of fused-ring (bicyclic) bond motifs is 1. The zero-order chi connectivity index (χ0) is 17.3. The van der Waals surface area contributed by atoms with Gasteiger partial charge in [0, 0.05) is 31.4 Å². The molecule has 2 aromatic heterocycles. The monoisotopic (exact) mass is 324 g/mol. The van der Waals surface area contributed by atoms with Gasteiger partial charge in [-0.3, -0.25) is 0 Å². The highest BCUT2D eigenvalue weighted by Crippen LogP contribution is 2.32. The number of imidazole rings is 1. The van der Waals surface area contributed by atoms with Crippen LogP contribution >= 0.6 is 0 Å². The van der Waals surface area contributed by atoms with Crippen LogP contribution in [0.2, 0.25) is 0 Å². The lowest BCUT2D eigenvalue weighted by molar-refractivity contribution is 0.269. The molecule has 0 fully saturated rings. The smallest absolute Gasteiger partial charge is 0.134 e. The summed E-state index contributed by atoms with van der Waals surface area (Å²) in [5.74, 6) is 2.31. The number of nitrogens with zero attached hydrogens (tertiary/aromatic N) is 4. The molecule has 0 amide bonds. The molecule has 0 aliphatic heterocycles. The SMILES string of the molecule is Cc1c(OCC(C)C)cccc1N(C)c1cc2c(cn1)ncn2C. The van der Waals surface area contributed by atoms with Crippen LogP contribution in [0.4, 0.5) is 11.5 Å². The highest BCUT2D eigenvalue weighted by molar-refractivity contribution is 5.79. The van der Waals surface area contributed by atoms with Crippen LogP contribution in [0.25, 0.3) is 11.0 Å². The van der Waals surface area contributed by atoms with Gasteiger partial charge in [0.2, 0.25) is 0 Å². The van der Waals surface area contributed by atoms with Crippen molar-refractivity contribution in [3.05, 3.63) is 42.4 Å². The molecule has 2 heterocycles. The van der Waals surface area contributed by atoms with Crippen molar-refractivity contribution in [1.82, 2.24) is 14.5 Å². The average molecular weight is 324 g/mol. The summed E-state index contributed by atoms with van der Waals surface area (Å²) in [5, 5.41) is 0. The van der Waals surface area contributed by atoms with Gasteiger partial charge in [0.15, 0.2) is 0 Å². The molecule has 0 aliphatic carbocycles. The minimum absolute atomic E-state index is 0.500. The predicted octanol–water partition coefficient (Wildman–Crippen LogP) is 4.08. The molecule has 5 heteroatoms. The van der Waals surface area contributed by atoms with E-state index in [-0.39, 0.29) is 0 Å². The molecular formula is C19H24N4O. The number of hydrogen-bond acceptors (Lipinski definition) is 4. The van der Waals surface area contributed by atoms with Crippen LogP contribution in [0, 0.1) is 12.8 Å². The van der Waals surface area contributed by atoms with Gasteiger partial charge in [0.25, 0.3) is 0 Å². The average Bonchev–Trinajstić information content (AvgIpc) is 2.94. The lowest BCUT2D eigenvalue weighted by Crippen LogP contribution is -2.13.